The fourth-order valence-corrected chi connectivity index (χ4v) is 5.31. The van der Waals surface area contributed by atoms with Crippen LogP contribution in [0.15, 0.2) is 59.6 Å². The molecule has 0 amide bonds. The van der Waals surface area contributed by atoms with Crippen molar-refractivity contribution in [1.29, 1.82) is 0 Å². The van der Waals surface area contributed by atoms with E-state index < -0.39 is 27.7 Å². The number of hydrogen-bond donors (Lipinski definition) is 0. The zero-order valence-electron chi connectivity index (χ0n) is 17.7. The predicted octanol–water partition coefficient (Wildman–Crippen LogP) is 3.34. The summed E-state index contributed by atoms with van der Waals surface area (Å²) in [6.07, 6.45) is -2.70. The number of fused-ring (bicyclic) bond motifs is 1. The smallest absolute Gasteiger partial charge is 0.416 e. The lowest BCUT2D eigenvalue weighted by molar-refractivity contribution is -0.141. The van der Waals surface area contributed by atoms with Gasteiger partial charge < -0.3 is 14.2 Å². The zero-order valence-corrected chi connectivity index (χ0v) is 18.6. The fourth-order valence-electron chi connectivity index (χ4n) is 3.86. The van der Waals surface area contributed by atoms with Gasteiger partial charge in [0.1, 0.15) is 6.54 Å². The summed E-state index contributed by atoms with van der Waals surface area (Å²) in [7, 11) is -2.50. The molecule has 2 aromatic carbocycles. The van der Waals surface area contributed by atoms with Crippen LogP contribution in [0.3, 0.4) is 0 Å². The van der Waals surface area contributed by atoms with Crippen molar-refractivity contribution < 1.29 is 31.1 Å². The largest absolute Gasteiger partial charge is 0.468 e. The maximum Gasteiger partial charge on any atom is 0.416 e. The van der Waals surface area contributed by atoms with Gasteiger partial charge in [-0.2, -0.15) is 17.5 Å². The van der Waals surface area contributed by atoms with Crippen LogP contribution in [0.2, 0.25) is 0 Å². The number of carbonyl (C=O) groups excluding carboxylic acids is 1. The van der Waals surface area contributed by atoms with Crippen molar-refractivity contribution in [2.24, 2.45) is 0 Å². The number of benzene rings is 2. The number of nitrogens with zero attached hydrogens (tertiary/aromatic N) is 3. The number of alkyl halides is 3. The van der Waals surface area contributed by atoms with Crippen molar-refractivity contribution in [3.05, 3.63) is 60.3 Å². The van der Waals surface area contributed by atoms with Crippen molar-refractivity contribution in [3.63, 3.8) is 0 Å². The minimum atomic E-state index is -4.40. The first kappa shape index (κ1) is 23.1. The van der Waals surface area contributed by atoms with Crippen LogP contribution in [0.25, 0.3) is 10.9 Å². The molecule has 0 aliphatic carbocycles. The molecule has 1 saturated heterocycles. The lowest BCUT2D eigenvalue weighted by atomic mass is 10.2. The van der Waals surface area contributed by atoms with Crippen LogP contribution < -0.4 is 4.90 Å². The summed E-state index contributed by atoms with van der Waals surface area (Å²) in [4.78, 5) is 13.6. The number of rotatable bonds is 5. The highest BCUT2D eigenvalue weighted by Crippen LogP contribution is 2.31. The third kappa shape index (κ3) is 4.69. The first-order chi connectivity index (χ1) is 15.6. The van der Waals surface area contributed by atoms with E-state index in [0.29, 0.717) is 24.3 Å². The van der Waals surface area contributed by atoms with E-state index >= 15 is 0 Å². The lowest BCUT2D eigenvalue weighted by Crippen LogP contribution is -2.48. The number of piperazine rings is 1. The molecule has 11 heteroatoms. The van der Waals surface area contributed by atoms with E-state index in [0.717, 1.165) is 17.5 Å². The Morgan fingerprint density at radius 3 is 2.27 bits per heavy atom. The standard InChI is InChI=1S/C22H22F3N3O4S/c1-32-21(29)15-27-9-8-16-2-7-19(14-20(16)27)33(30,31)28-12-10-26(11-13-28)18-5-3-17(4-6-18)22(23,24)25/h2-9,14H,10-13,15H2,1H3. The number of esters is 1. The van der Waals surface area contributed by atoms with E-state index in [2.05, 4.69) is 4.74 Å². The average Bonchev–Trinajstić information content (AvgIpc) is 3.20. The summed E-state index contributed by atoms with van der Waals surface area (Å²) in [6, 6.07) is 11.4. The number of anilines is 1. The van der Waals surface area contributed by atoms with Crippen LogP contribution in [0.4, 0.5) is 18.9 Å². The van der Waals surface area contributed by atoms with Crippen LogP contribution in [0.5, 0.6) is 0 Å². The molecule has 33 heavy (non-hydrogen) atoms. The number of hydrogen-bond acceptors (Lipinski definition) is 5. The molecule has 3 aromatic rings. The van der Waals surface area contributed by atoms with Crippen LogP contribution in [-0.2, 0) is 32.3 Å². The monoisotopic (exact) mass is 481 g/mol. The highest BCUT2D eigenvalue weighted by atomic mass is 32.2. The molecule has 0 unspecified atom stereocenters. The number of ether oxygens (including phenoxy) is 1. The molecule has 176 valence electrons. The van der Waals surface area contributed by atoms with Crippen LogP contribution in [0, 0.1) is 0 Å². The normalized spacial score (nSPS) is 15.7. The van der Waals surface area contributed by atoms with Gasteiger partial charge in [-0.05, 0) is 47.9 Å². The Kier molecular flexibility index (Phi) is 6.10. The van der Waals surface area contributed by atoms with Crippen molar-refractivity contribution >= 4 is 32.6 Å². The molecular weight excluding hydrogens is 459 g/mol. The highest BCUT2D eigenvalue weighted by molar-refractivity contribution is 7.89. The lowest BCUT2D eigenvalue weighted by Gasteiger charge is -2.35. The van der Waals surface area contributed by atoms with Gasteiger partial charge in [0.25, 0.3) is 0 Å². The molecule has 2 heterocycles. The molecule has 1 aliphatic rings. The third-order valence-corrected chi connectivity index (χ3v) is 7.60. The second-order valence-electron chi connectivity index (χ2n) is 7.68. The minimum absolute atomic E-state index is 0.0324. The van der Waals surface area contributed by atoms with Crippen molar-refractivity contribution in [3.8, 4) is 0 Å². The van der Waals surface area contributed by atoms with Gasteiger partial charge in [0.05, 0.1) is 17.6 Å². The van der Waals surface area contributed by atoms with Gasteiger partial charge in [0.15, 0.2) is 0 Å². The van der Waals surface area contributed by atoms with Gasteiger partial charge in [-0.3, -0.25) is 4.79 Å². The van der Waals surface area contributed by atoms with Crippen LogP contribution in [-0.4, -0.2) is 56.5 Å². The van der Waals surface area contributed by atoms with E-state index in [1.807, 2.05) is 4.90 Å². The maximum absolute atomic E-state index is 13.2. The van der Waals surface area contributed by atoms with E-state index in [1.165, 1.54) is 35.7 Å². The zero-order chi connectivity index (χ0) is 23.8. The fraction of sp³-hybridized carbons (Fsp3) is 0.318. The molecule has 1 aliphatic heterocycles. The molecule has 0 bridgehead atoms. The van der Waals surface area contributed by atoms with E-state index in [4.69, 9.17) is 0 Å². The Morgan fingerprint density at radius 2 is 1.67 bits per heavy atom. The summed E-state index contributed by atoms with van der Waals surface area (Å²) in [5.74, 6) is -0.444. The Bertz CT molecular complexity index is 1260. The van der Waals surface area contributed by atoms with Gasteiger partial charge >= 0.3 is 12.1 Å². The molecule has 0 atom stereocenters. The number of sulfonamides is 1. The first-order valence-electron chi connectivity index (χ1n) is 10.2. The van der Waals surface area contributed by atoms with E-state index in [1.54, 1.807) is 22.9 Å². The van der Waals surface area contributed by atoms with Gasteiger partial charge in [0.2, 0.25) is 10.0 Å². The Labute approximate surface area is 189 Å². The molecule has 0 N–H and O–H groups in total. The summed E-state index contributed by atoms with van der Waals surface area (Å²) in [6.45, 7) is 1.07. The second-order valence-corrected chi connectivity index (χ2v) is 9.61. The molecule has 0 radical (unpaired) electrons. The molecule has 0 saturated carbocycles. The van der Waals surface area contributed by atoms with E-state index in [9.17, 15) is 26.4 Å². The minimum Gasteiger partial charge on any atom is -0.468 e. The Balaban J connectivity index is 1.49. The van der Waals surface area contributed by atoms with E-state index in [-0.39, 0.29) is 24.5 Å². The predicted molar refractivity (Wildman–Crippen MR) is 116 cm³/mol. The molecule has 4 rings (SSSR count). The van der Waals surface area contributed by atoms with Gasteiger partial charge in [0, 0.05) is 43.6 Å². The van der Waals surface area contributed by atoms with Crippen LogP contribution >= 0.6 is 0 Å². The second kappa shape index (κ2) is 8.71. The molecule has 0 spiro atoms. The number of methoxy groups -OCH3 is 1. The van der Waals surface area contributed by atoms with Crippen LogP contribution in [0.1, 0.15) is 5.56 Å². The molecule has 1 aromatic heterocycles. The number of aromatic nitrogens is 1. The summed E-state index contributed by atoms with van der Waals surface area (Å²) in [5, 5.41) is 0.796. The van der Waals surface area contributed by atoms with Gasteiger partial charge in [-0.15, -0.1) is 0 Å². The third-order valence-electron chi connectivity index (χ3n) is 5.71. The summed E-state index contributed by atoms with van der Waals surface area (Å²) >= 11 is 0. The summed E-state index contributed by atoms with van der Waals surface area (Å²) in [5.41, 5.74) is 0.492. The SMILES string of the molecule is COC(=O)Cn1ccc2ccc(S(=O)(=O)N3CCN(c4ccc(C(F)(F)F)cc4)CC3)cc21. The number of halogens is 3. The molecular formula is C22H22F3N3O4S. The average molecular weight is 481 g/mol. The topological polar surface area (TPSA) is 71.8 Å². The molecule has 1 fully saturated rings. The molecule has 7 nitrogen and oxygen atoms in total. The highest BCUT2D eigenvalue weighted by Gasteiger charge is 2.31. The van der Waals surface area contributed by atoms with Crippen molar-refractivity contribution in [1.82, 2.24) is 8.87 Å². The summed E-state index contributed by atoms with van der Waals surface area (Å²) < 4.78 is 72.5. The number of carbonyl (C=O) groups is 1. The van der Waals surface area contributed by atoms with Gasteiger partial charge in [-0.1, -0.05) is 6.07 Å². The van der Waals surface area contributed by atoms with Crippen molar-refractivity contribution in [2.75, 3.05) is 38.2 Å². The Morgan fingerprint density at radius 1 is 1.00 bits per heavy atom. The van der Waals surface area contributed by atoms with Crippen molar-refractivity contribution in [2.45, 2.75) is 17.6 Å². The first-order valence-corrected chi connectivity index (χ1v) is 11.6. The quantitative estimate of drug-likeness (QED) is 0.523. The van der Waals surface area contributed by atoms with Gasteiger partial charge in [-0.25, -0.2) is 8.42 Å². The maximum atomic E-state index is 13.2. The Hall–Kier alpha value is -3.05.